The summed E-state index contributed by atoms with van der Waals surface area (Å²) in [6, 6.07) is 13.4. The van der Waals surface area contributed by atoms with Gasteiger partial charge in [0.05, 0.1) is 12.3 Å². The Balaban J connectivity index is 1.80. The number of benzene rings is 2. The first kappa shape index (κ1) is 17.2. The van der Waals surface area contributed by atoms with Crippen LogP contribution < -0.4 is 10.1 Å². The molecule has 0 aliphatic heterocycles. The predicted molar refractivity (Wildman–Crippen MR) is 103 cm³/mol. The van der Waals surface area contributed by atoms with E-state index in [1.807, 2.05) is 68.6 Å². The summed E-state index contributed by atoms with van der Waals surface area (Å²) in [5.41, 5.74) is 4.62. The van der Waals surface area contributed by atoms with E-state index in [0.29, 0.717) is 17.3 Å². The fraction of sp³-hybridized carbons (Fsp3) is 0.200. The molecule has 5 heteroatoms. The van der Waals surface area contributed by atoms with Gasteiger partial charge in [0.1, 0.15) is 5.75 Å². The van der Waals surface area contributed by atoms with Gasteiger partial charge in [-0.05, 0) is 56.2 Å². The Morgan fingerprint density at radius 2 is 1.96 bits per heavy atom. The lowest BCUT2D eigenvalue weighted by atomic mass is 10.1. The highest BCUT2D eigenvalue weighted by Crippen LogP contribution is 2.32. The van der Waals surface area contributed by atoms with Crippen LogP contribution in [-0.2, 0) is 0 Å². The van der Waals surface area contributed by atoms with Crippen molar-refractivity contribution < 1.29 is 9.53 Å². The summed E-state index contributed by atoms with van der Waals surface area (Å²) in [7, 11) is 0. The normalized spacial score (nSPS) is 10.5. The number of amides is 1. The molecule has 0 radical (unpaired) electrons. The zero-order valence-electron chi connectivity index (χ0n) is 14.5. The third-order valence-electron chi connectivity index (χ3n) is 3.96. The van der Waals surface area contributed by atoms with Crippen molar-refractivity contribution in [2.24, 2.45) is 0 Å². The van der Waals surface area contributed by atoms with Gasteiger partial charge in [-0.2, -0.15) is 0 Å². The summed E-state index contributed by atoms with van der Waals surface area (Å²) in [5, 5.41) is 5.37. The SMILES string of the molecule is CCOc1ccccc1-c1csc(NC(=O)c2ccc(C)c(C)c2)n1. The third-order valence-corrected chi connectivity index (χ3v) is 4.71. The van der Waals surface area contributed by atoms with E-state index in [1.54, 1.807) is 0 Å². The van der Waals surface area contributed by atoms with Crippen LogP contribution in [0, 0.1) is 13.8 Å². The van der Waals surface area contributed by atoms with Crippen LogP contribution in [0.25, 0.3) is 11.3 Å². The van der Waals surface area contributed by atoms with Crippen LogP contribution in [0.2, 0.25) is 0 Å². The number of ether oxygens (including phenoxy) is 1. The van der Waals surface area contributed by atoms with Crippen molar-refractivity contribution in [2.45, 2.75) is 20.8 Å². The molecule has 0 fully saturated rings. The molecule has 4 nitrogen and oxygen atoms in total. The van der Waals surface area contributed by atoms with Crippen molar-refractivity contribution >= 4 is 22.4 Å². The molecule has 0 unspecified atom stereocenters. The van der Waals surface area contributed by atoms with Crippen LogP contribution in [0.5, 0.6) is 5.75 Å². The highest BCUT2D eigenvalue weighted by Gasteiger charge is 2.13. The summed E-state index contributed by atoms with van der Waals surface area (Å²) in [6.07, 6.45) is 0. The standard InChI is InChI=1S/C20H20N2O2S/c1-4-24-18-8-6-5-7-16(18)17-12-25-20(21-17)22-19(23)15-10-9-13(2)14(3)11-15/h5-12H,4H2,1-3H3,(H,21,22,23). The predicted octanol–water partition coefficient (Wildman–Crippen LogP) is 5.08. The van der Waals surface area contributed by atoms with Crippen molar-refractivity contribution in [3.05, 3.63) is 64.5 Å². The van der Waals surface area contributed by atoms with Crippen LogP contribution in [0.3, 0.4) is 0 Å². The molecular weight excluding hydrogens is 332 g/mol. The average molecular weight is 352 g/mol. The van der Waals surface area contributed by atoms with Gasteiger partial charge in [0.25, 0.3) is 5.91 Å². The number of anilines is 1. The van der Waals surface area contributed by atoms with E-state index in [4.69, 9.17) is 4.74 Å². The number of para-hydroxylation sites is 1. The lowest BCUT2D eigenvalue weighted by Crippen LogP contribution is -2.12. The maximum atomic E-state index is 12.4. The van der Waals surface area contributed by atoms with Gasteiger partial charge in [-0.3, -0.25) is 10.1 Å². The molecule has 25 heavy (non-hydrogen) atoms. The highest BCUT2D eigenvalue weighted by molar-refractivity contribution is 7.14. The molecule has 2 aromatic carbocycles. The number of nitrogens with zero attached hydrogens (tertiary/aromatic N) is 1. The molecule has 3 aromatic rings. The largest absolute Gasteiger partial charge is 0.493 e. The molecule has 0 saturated heterocycles. The second-order valence-electron chi connectivity index (χ2n) is 5.72. The molecule has 128 valence electrons. The van der Waals surface area contributed by atoms with Crippen molar-refractivity contribution in [1.29, 1.82) is 0 Å². The second kappa shape index (κ2) is 7.49. The maximum absolute atomic E-state index is 12.4. The zero-order valence-corrected chi connectivity index (χ0v) is 15.3. The summed E-state index contributed by atoms with van der Waals surface area (Å²) in [5.74, 6) is 0.643. The minimum atomic E-state index is -0.151. The zero-order chi connectivity index (χ0) is 17.8. The Labute approximate surface area is 151 Å². The lowest BCUT2D eigenvalue weighted by Gasteiger charge is -2.07. The van der Waals surface area contributed by atoms with Gasteiger partial charge in [-0.15, -0.1) is 11.3 Å². The molecular formula is C20H20N2O2S. The van der Waals surface area contributed by atoms with E-state index in [0.717, 1.165) is 22.6 Å². The highest BCUT2D eigenvalue weighted by atomic mass is 32.1. The van der Waals surface area contributed by atoms with E-state index in [-0.39, 0.29) is 5.91 Å². The Hall–Kier alpha value is -2.66. The Morgan fingerprint density at radius 1 is 1.16 bits per heavy atom. The molecule has 0 spiro atoms. The number of hydrogen-bond acceptors (Lipinski definition) is 4. The van der Waals surface area contributed by atoms with Crippen molar-refractivity contribution in [3.63, 3.8) is 0 Å². The number of carbonyl (C=O) groups excluding carboxylic acids is 1. The summed E-state index contributed by atoms with van der Waals surface area (Å²) < 4.78 is 5.65. The van der Waals surface area contributed by atoms with Gasteiger partial charge in [0.2, 0.25) is 0 Å². The number of nitrogens with one attached hydrogen (secondary N) is 1. The smallest absolute Gasteiger partial charge is 0.257 e. The Kier molecular flexibility index (Phi) is 5.14. The van der Waals surface area contributed by atoms with Crippen LogP contribution in [-0.4, -0.2) is 17.5 Å². The molecule has 3 rings (SSSR count). The van der Waals surface area contributed by atoms with Gasteiger partial charge in [-0.1, -0.05) is 18.2 Å². The fourth-order valence-electron chi connectivity index (χ4n) is 2.47. The first-order valence-electron chi connectivity index (χ1n) is 8.15. The van der Waals surface area contributed by atoms with E-state index in [9.17, 15) is 4.79 Å². The van der Waals surface area contributed by atoms with Gasteiger partial charge in [-0.25, -0.2) is 4.98 Å². The Bertz CT molecular complexity index is 902. The second-order valence-corrected chi connectivity index (χ2v) is 6.58. The van der Waals surface area contributed by atoms with E-state index < -0.39 is 0 Å². The van der Waals surface area contributed by atoms with Crippen LogP contribution in [0.4, 0.5) is 5.13 Å². The lowest BCUT2D eigenvalue weighted by molar-refractivity contribution is 0.102. The van der Waals surface area contributed by atoms with Crippen LogP contribution in [0.15, 0.2) is 47.8 Å². The quantitative estimate of drug-likeness (QED) is 0.697. The van der Waals surface area contributed by atoms with Gasteiger partial charge < -0.3 is 4.74 Å². The number of hydrogen-bond donors (Lipinski definition) is 1. The first-order chi connectivity index (χ1) is 12.1. The first-order valence-corrected chi connectivity index (χ1v) is 9.02. The monoisotopic (exact) mass is 352 g/mol. The van der Waals surface area contributed by atoms with Gasteiger partial charge in [0, 0.05) is 16.5 Å². The van der Waals surface area contributed by atoms with Crippen molar-refractivity contribution in [1.82, 2.24) is 4.98 Å². The van der Waals surface area contributed by atoms with E-state index in [1.165, 1.54) is 16.9 Å². The average Bonchev–Trinajstić information content (AvgIpc) is 3.06. The van der Waals surface area contributed by atoms with Crippen molar-refractivity contribution in [3.8, 4) is 17.0 Å². The van der Waals surface area contributed by atoms with E-state index in [2.05, 4.69) is 10.3 Å². The summed E-state index contributed by atoms with van der Waals surface area (Å²) in [4.78, 5) is 17.0. The van der Waals surface area contributed by atoms with Crippen molar-refractivity contribution in [2.75, 3.05) is 11.9 Å². The molecule has 1 aromatic heterocycles. The minimum Gasteiger partial charge on any atom is -0.493 e. The number of aryl methyl sites for hydroxylation is 2. The fourth-order valence-corrected chi connectivity index (χ4v) is 3.17. The molecule has 0 atom stereocenters. The number of rotatable bonds is 5. The number of thiazole rings is 1. The molecule has 1 heterocycles. The molecule has 1 amide bonds. The maximum Gasteiger partial charge on any atom is 0.257 e. The summed E-state index contributed by atoms with van der Waals surface area (Å²) in [6.45, 7) is 6.57. The molecule has 0 bridgehead atoms. The third kappa shape index (κ3) is 3.88. The topological polar surface area (TPSA) is 51.2 Å². The Morgan fingerprint density at radius 3 is 2.72 bits per heavy atom. The van der Waals surface area contributed by atoms with Crippen LogP contribution in [0.1, 0.15) is 28.4 Å². The van der Waals surface area contributed by atoms with Gasteiger partial charge >= 0.3 is 0 Å². The molecule has 0 aliphatic rings. The number of carbonyl (C=O) groups is 1. The molecule has 0 saturated carbocycles. The number of aromatic nitrogens is 1. The summed E-state index contributed by atoms with van der Waals surface area (Å²) >= 11 is 1.40. The van der Waals surface area contributed by atoms with Crippen LogP contribution >= 0.6 is 11.3 Å². The molecule has 1 N–H and O–H groups in total. The molecule has 0 aliphatic carbocycles. The minimum absolute atomic E-state index is 0.151. The van der Waals surface area contributed by atoms with Gasteiger partial charge in [0.15, 0.2) is 5.13 Å². The van der Waals surface area contributed by atoms with E-state index >= 15 is 0 Å².